The van der Waals surface area contributed by atoms with Gasteiger partial charge in [-0.05, 0) is 35.4 Å². The third-order valence-corrected chi connectivity index (χ3v) is 3.08. The quantitative estimate of drug-likeness (QED) is 0.851. The van der Waals surface area contributed by atoms with Crippen LogP contribution in [-0.4, -0.2) is 24.8 Å². The molecular weight excluding hydrogens is 270 g/mol. The number of nitrogens with two attached hydrogens (primary N) is 1. The molecule has 2 rings (SSSR count). The van der Waals surface area contributed by atoms with E-state index in [0.717, 1.165) is 16.9 Å². The molecule has 0 aliphatic rings. The number of hydrogen-bond donors (Lipinski definition) is 2. The fraction of sp³-hybridized carbons (Fsp3) is 0.188. The van der Waals surface area contributed by atoms with Crippen LogP contribution in [0.15, 0.2) is 48.5 Å². The van der Waals surface area contributed by atoms with Gasteiger partial charge < -0.3 is 20.3 Å². The molecule has 5 nitrogen and oxygen atoms in total. The van der Waals surface area contributed by atoms with Crippen LogP contribution in [0.1, 0.15) is 17.2 Å². The zero-order valence-electron chi connectivity index (χ0n) is 11.7. The number of carbonyl (C=O) groups is 1. The van der Waals surface area contributed by atoms with Crippen molar-refractivity contribution in [3.05, 3.63) is 59.7 Å². The summed E-state index contributed by atoms with van der Waals surface area (Å²) in [6.45, 7) is -0.357. The number of benzene rings is 2. The summed E-state index contributed by atoms with van der Waals surface area (Å²) in [5, 5.41) is 8.55. The number of carboxylic acid groups (broad SMARTS) is 1. The van der Waals surface area contributed by atoms with Gasteiger partial charge in [-0.2, -0.15) is 0 Å². The van der Waals surface area contributed by atoms with Crippen LogP contribution in [0.25, 0.3) is 0 Å². The van der Waals surface area contributed by atoms with Gasteiger partial charge in [0.05, 0.1) is 13.2 Å². The second-order valence-electron chi connectivity index (χ2n) is 4.50. The van der Waals surface area contributed by atoms with E-state index >= 15 is 0 Å². The molecule has 3 N–H and O–H groups in total. The van der Waals surface area contributed by atoms with E-state index in [1.165, 1.54) is 0 Å². The van der Waals surface area contributed by atoms with Crippen LogP contribution < -0.4 is 15.2 Å². The Morgan fingerprint density at radius 1 is 1.05 bits per heavy atom. The molecule has 1 unspecified atom stereocenters. The number of aliphatic carboxylic acids is 1. The molecule has 0 amide bonds. The molecule has 2 aromatic carbocycles. The highest BCUT2D eigenvalue weighted by Gasteiger charge is 2.09. The van der Waals surface area contributed by atoms with Crippen LogP contribution >= 0.6 is 0 Å². The highest BCUT2D eigenvalue weighted by molar-refractivity contribution is 5.68. The molecule has 0 bridgehead atoms. The van der Waals surface area contributed by atoms with E-state index in [0.29, 0.717) is 5.75 Å². The first-order valence-corrected chi connectivity index (χ1v) is 6.44. The lowest BCUT2D eigenvalue weighted by Gasteiger charge is -2.13. The van der Waals surface area contributed by atoms with Crippen molar-refractivity contribution in [3.8, 4) is 11.5 Å². The Morgan fingerprint density at radius 2 is 1.52 bits per heavy atom. The first kappa shape index (κ1) is 14.9. The Bertz CT molecular complexity index is 593. The highest BCUT2D eigenvalue weighted by Crippen LogP contribution is 2.23. The Kier molecular flexibility index (Phi) is 4.79. The number of hydrogen-bond acceptors (Lipinski definition) is 4. The van der Waals surface area contributed by atoms with Crippen LogP contribution in [0, 0.1) is 0 Å². The summed E-state index contributed by atoms with van der Waals surface area (Å²) >= 11 is 0. The summed E-state index contributed by atoms with van der Waals surface area (Å²) < 4.78 is 10.2. The van der Waals surface area contributed by atoms with E-state index in [-0.39, 0.29) is 12.6 Å². The topological polar surface area (TPSA) is 81.8 Å². The van der Waals surface area contributed by atoms with Gasteiger partial charge >= 0.3 is 5.97 Å². The molecule has 110 valence electrons. The number of methoxy groups -OCH3 is 1. The van der Waals surface area contributed by atoms with Gasteiger partial charge in [0.1, 0.15) is 11.5 Å². The molecule has 1 atom stereocenters. The average molecular weight is 287 g/mol. The van der Waals surface area contributed by atoms with E-state index < -0.39 is 5.97 Å². The maximum atomic E-state index is 10.4. The molecule has 5 heteroatoms. The minimum atomic E-state index is -1.01. The summed E-state index contributed by atoms with van der Waals surface area (Å²) in [6, 6.07) is 14.4. The van der Waals surface area contributed by atoms with E-state index in [1.807, 2.05) is 36.4 Å². The molecule has 2 aromatic rings. The van der Waals surface area contributed by atoms with E-state index in [1.54, 1.807) is 19.2 Å². The monoisotopic (exact) mass is 287 g/mol. The van der Waals surface area contributed by atoms with Gasteiger partial charge in [0.15, 0.2) is 6.61 Å². The lowest BCUT2D eigenvalue weighted by Crippen LogP contribution is -2.12. The first-order chi connectivity index (χ1) is 10.1. The smallest absolute Gasteiger partial charge is 0.341 e. The summed E-state index contributed by atoms with van der Waals surface area (Å²) in [6.07, 6.45) is 0. The normalized spacial score (nSPS) is 11.7. The second kappa shape index (κ2) is 6.76. The molecular formula is C16H17NO4. The van der Waals surface area contributed by atoms with Crippen molar-refractivity contribution in [1.82, 2.24) is 0 Å². The maximum absolute atomic E-state index is 10.4. The predicted octanol–water partition coefficient (Wildman–Crippen LogP) is 2.21. The second-order valence-corrected chi connectivity index (χ2v) is 4.50. The van der Waals surface area contributed by atoms with Crippen LogP contribution in [0.2, 0.25) is 0 Å². The molecule has 0 aliphatic carbocycles. The molecule has 21 heavy (non-hydrogen) atoms. The molecule has 0 spiro atoms. The fourth-order valence-corrected chi connectivity index (χ4v) is 1.92. The molecule has 0 saturated heterocycles. The largest absolute Gasteiger partial charge is 0.497 e. The molecule has 0 aliphatic heterocycles. The van der Waals surface area contributed by atoms with E-state index in [4.69, 9.17) is 20.3 Å². The standard InChI is InChI=1S/C16H17NO4/c1-20-13-6-2-11(3-7-13)16(17)12-4-8-14(9-5-12)21-10-15(18)19/h2-9,16H,10,17H2,1H3,(H,18,19). The van der Waals surface area contributed by atoms with Gasteiger partial charge in [-0.3, -0.25) is 0 Å². The third kappa shape index (κ3) is 3.97. The first-order valence-electron chi connectivity index (χ1n) is 6.44. The van der Waals surface area contributed by atoms with Gasteiger partial charge in [-0.15, -0.1) is 0 Å². The Hall–Kier alpha value is -2.53. The molecule has 0 saturated carbocycles. The zero-order chi connectivity index (χ0) is 15.2. The Labute approximate surface area is 122 Å². The van der Waals surface area contributed by atoms with E-state index in [9.17, 15) is 4.79 Å². The third-order valence-electron chi connectivity index (χ3n) is 3.08. The number of carboxylic acids is 1. The summed E-state index contributed by atoms with van der Waals surface area (Å²) in [4.78, 5) is 10.4. The summed E-state index contributed by atoms with van der Waals surface area (Å²) in [5.41, 5.74) is 8.09. The van der Waals surface area contributed by atoms with Crippen LogP contribution in [0.4, 0.5) is 0 Å². The van der Waals surface area contributed by atoms with Crippen molar-refractivity contribution >= 4 is 5.97 Å². The zero-order valence-corrected chi connectivity index (χ0v) is 11.7. The summed E-state index contributed by atoms with van der Waals surface area (Å²) in [7, 11) is 1.62. The van der Waals surface area contributed by atoms with Crippen molar-refractivity contribution in [2.45, 2.75) is 6.04 Å². The minimum Gasteiger partial charge on any atom is -0.497 e. The fourth-order valence-electron chi connectivity index (χ4n) is 1.92. The predicted molar refractivity (Wildman–Crippen MR) is 78.6 cm³/mol. The van der Waals surface area contributed by atoms with Crippen LogP contribution in [0.3, 0.4) is 0 Å². The Balaban J connectivity index is 2.07. The van der Waals surface area contributed by atoms with Crippen molar-refractivity contribution < 1.29 is 19.4 Å². The highest BCUT2D eigenvalue weighted by atomic mass is 16.5. The SMILES string of the molecule is COc1ccc(C(N)c2ccc(OCC(=O)O)cc2)cc1. The van der Waals surface area contributed by atoms with Crippen LogP contribution in [-0.2, 0) is 4.79 Å². The molecule has 0 heterocycles. The Morgan fingerprint density at radius 3 is 1.95 bits per heavy atom. The van der Waals surface area contributed by atoms with Crippen molar-refractivity contribution in [2.24, 2.45) is 5.73 Å². The van der Waals surface area contributed by atoms with Crippen LogP contribution in [0.5, 0.6) is 11.5 Å². The molecule has 0 fully saturated rings. The van der Waals surface area contributed by atoms with Crippen molar-refractivity contribution in [2.75, 3.05) is 13.7 Å². The number of rotatable bonds is 6. The van der Waals surface area contributed by atoms with Gasteiger partial charge in [0, 0.05) is 0 Å². The average Bonchev–Trinajstić information content (AvgIpc) is 2.53. The minimum absolute atomic E-state index is 0.260. The van der Waals surface area contributed by atoms with Gasteiger partial charge in [0.2, 0.25) is 0 Å². The lowest BCUT2D eigenvalue weighted by molar-refractivity contribution is -0.139. The van der Waals surface area contributed by atoms with Crippen molar-refractivity contribution in [3.63, 3.8) is 0 Å². The lowest BCUT2D eigenvalue weighted by atomic mass is 9.99. The van der Waals surface area contributed by atoms with Gasteiger partial charge in [0.25, 0.3) is 0 Å². The van der Waals surface area contributed by atoms with Gasteiger partial charge in [-0.1, -0.05) is 24.3 Å². The summed E-state index contributed by atoms with van der Waals surface area (Å²) in [5.74, 6) is 0.278. The maximum Gasteiger partial charge on any atom is 0.341 e. The molecule has 0 radical (unpaired) electrons. The number of ether oxygens (including phenoxy) is 2. The molecule has 0 aromatic heterocycles. The van der Waals surface area contributed by atoms with Gasteiger partial charge in [-0.25, -0.2) is 4.79 Å². The van der Waals surface area contributed by atoms with Crippen molar-refractivity contribution in [1.29, 1.82) is 0 Å². The van der Waals surface area contributed by atoms with E-state index in [2.05, 4.69) is 0 Å².